The van der Waals surface area contributed by atoms with Crippen molar-refractivity contribution in [2.75, 3.05) is 13.1 Å². The first-order chi connectivity index (χ1) is 10.8. The molecule has 0 unspecified atom stereocenters. The van der Waals surface area contributed by atoms with Crippen LogP contribution in [0.1, 0.15) is 32.1 Å². The number of nitrogens with zero attached hydrogens (tertiary/aromatic N) is 3. The molecule has 4 nitrogen and oxygen atoms in total. The lowest BCUT2D eigenvalue weighted by molar-refractivity contribution is -0.132. The zero-order valence-electron chi connectivity index (χ0n) is 12.9. The molecule has 0 bridgehead atoms. The first-order valence-electron chi connectivity index (χ1n) is 8.18. The molecular weight excluding hydrogens is 274 g/mol. The summed E-state index contributed by atoms with van der Waals surface area (Å²) in [6.45, 7) is 2.68. The van der Waals surface area contributed by atoms with Gasteiger partial charge in [0, 0.05) is 37.8 Å². The predicted octanol–water partition coefficient (Wildman–Crippen LogP) is 3.34. The van der Waals surface area contributed by atoms with Gasteiger partial charge in [0.25, 0.3) is 0 Å². The van der Waals surface area contributed by atoms with Gasteiger partial charge in [0.2, 0.25) is 5.91 Å². The predicted molar refractivity (Wildman–Crippen MR) is 87.3 cm³/mol. The standard InChI is InChI=1S/C18H23N3O/c22-18(20-11-5-2-6-12-20)10-7-13-21-15-17(14-19-21)16-8-3-1-4-9-16/h1,3-4,8-9,14-15H,2,5-7,10-13H2. The molecule has 1 aromatic heterocycles. The van der Waals surface area contributed by atoms with Crippen molar-refractivity contribution in [1.29, 1.82) is 0 Å². The van der Waals surface area contributed by atoms with Crippen LogP contribution in [0.15, 0.2) is 42.7 Å². The molecular formula is C18H23N3O. The Morgan fingerprint density at radius 1 is 1.05 bits per heavy atom. The first kappa shape index (κ1) is 14.8. The molecule has 2 heterocycles. The largest absolute Gasteiger partial charge is 0.343 e. The van der Waals surface area contributed by atoms with Crippen LogP contribution in [0.3, 0.4) is 0 Å². The molecule has 1 fully saturated rings. The van der Waals surface area contributed by atoms with E-state index in [0.717, 1.165) is 44.5 Å². The number of hydrogen-bond acceptors (Lipinski definition) is 2. The van der Waals surface area contributed by atoms with Gasteiger partial charge in [-0.15, -0.1) is 0 Å². The summed E-state index contributed by atoms with van der Waals surface area (Å²) in [5.41, 5.74) is 2.31. The number of amides is 1. The van der Waals surface area contributed by atoms with Crippen LogP contribution in [0, 0.1) is 0 Å². The molecule has 1 amide bonds. The zero-order chi connectivity index (χ0) is 15.2. The number of hydrogen-bond donors (Lipinski definition) is 0. The fourth-order valence-corrected chi connectivity index (χ4v) is 2.96. The summed E-state index contributed by atoms with van der Waals surface area (Å²) in [5, 5.41) is 4.39. The average Bonchev–Trinajstić information content (AvgIpc) is 3.05. The smallest absolute Gasteiger partial charge is 0.222 e. The van der Waals surface area contributed by atoms with Gasteiger partial charge < -0.3 is 4.90 Å². The van der Waals surface area contributed by atoms with Gasteiger partial charge in [0.15, 0.2) is 0 Å². The summed E-state index contributed by atoms with van der Waals surface area (Å²) >= 11 is 0. The molecule has 1 aliphatic heterocycles. The molecule has 0 aliphatic carbocycles. The molecule has 1 aliphatic rings. The molecule has 0 radical (unpaired) electrons. The van der Waals surface area contributed by atoms with Gasteiger partial charge in [0.05, 0.1) is 6.20 Å². The van der Waals surface area contributed by atoms with Crippen LogP contribution >= 0.6 is 0 Å². The second-order valence-electron chi connectivity index (χ2n) is 5.90. The highest BCUT2D eigenvalue weighted by atomic mass is 16.2. The van der Waals surface area contributed by atoms with E-state index in [0.29, 0.717) is 12.3 Å². The van der Waals surface area contributed by atoms with Gasteiger partial charge in [-0.05, 0) is 31.2 Å². The Kier molecular flexibility index (Phi) is 4.88. The quantitative estimate of drug-likeness (QED) is 0.849. The third-order valence-corrected chi connectivity index (χ3v) is 4.23. The Bertz CT molecular complexity index is 600. The molecule has 1 aromatic carbocycles. The summed E-state index contributed by atoms with van der Waals surface area (Å²) < 4.78 is 1.94. The van der Waals surface area contributed by atoms with Crippen molar-refractivity contribution < 1.29 is 4.79 Å². The summed E-state index contributed by atoms with van der Waals surface area (Å²) in [5.74, 6) is 0.301. The Morgan fingerprint density at radius 3 is 2.59 bits per heavy atom. The molecule has 0 N–H and O–H groups in total. The number of rotatable bonds is 5. The van der Waals surface area contributed by atoms with E-state index in [-0.39, 0.29) is 0 Å². The fraction of sp³-hybridized carbons (Fsp3) is 0.444. The highest BCUT2D eigenvalue weighted by molar-refractivity contribution is 5.76. The SMILES string of the molecule is O=C(CCCn1cc(-c2ccccc2)cn1)N1CCCCC1. The molecule has 0 saturated carbocycles. The number of carbonyl (C=O) groups excluding carboxylic acids is 1. The lowest BCUT2D eigenvalue weighted by Gasteiger charge is -2.26. The van der Waals surface area contributed by atoms with E-state index < -0.39 is 0 Å². The summed E-state index contributed by atoms with van der Waals surface area (Å²) in [7, 11) is 0. The molecule has 0 spiro atoms. The summed E-state index contributed by atoms with van der Waals surface area (Å²) in [6, 6.07) is 10.2. The van der Waals surface area contributed by atoms with Gasteiger partial charge in [-0.2, -0.15) is 5.10 Å². The summed E-state index contributed by atoms with van der Waals surface area (Å²) in [6.07, 6.45) is 9.00. The molecule has 4 heteroatoms. The maximum atomic E-state index is 12.1. The van der Waals surface area contributed by atoms with Crippen molar-refractivity contribution in [2.24, 2.45) is 0 Å². The summed E-state index contributed by atoms with van der Waals surface area (Å²) in [4.78, 5) is 14.1. The minimum Gasteiger partial charge on any atom is -0.343 e. The van der Waals surface area contributed by atoms with Crippen LogP contribution in [-0.4, -0.2) is 33.7 Å². The average molecular weight is 297 g/mol. The molecule has 0 atom stereocenters. The highest BCUT2D eigenvalue weighted by Gasteiger charge is 2.15. The molecule has 22 heavy (non-hydrogen) atoms. The van der Waals surface area contributed by atoms with Crippen LogP contribution in [0.4, 0.5) is 0 Å². The fourth-order valence-electron chi connectivity index (χ4n) is 2.96. The van der Waals surface area contributed by atoms with Crippen LogP contribution in [0.2, 0.25) is 0 Å². The van der Waals surface area contributed by atoms with Gasteiger partial charge in [-0.1, -0.05) is 30.3 Å². The first-order valence-corrected chi connectivity index (χ1v) is 8.18. The Morgan fingerprint density at radius 2 is 1.82 bits per heavy atom. The van der Waals surface area contributed by atoms with Crippen molar-refractivity contribution >= 4 is 5.91 Å². The number of aryl methyl sites for hydroxylation is 1. The lowest BCUT2D eigenvalue weighted by atomic mass is 10.1. The number of carbonyl (C=O) groups is 1. The lowest BCUT2D eigenvalue weighted by Crippen LogP contribution is -2.35. The van der Waals surface area contributed by atoms with Crippen molar-refractivity contribution in [2.45, 2.75) is 38.6 Å². The van der Waals surface area contributed by atoms with Crippen molar-refractivity contribution in [3.05, 3.63) is 42.7 Å². The number of benzene rings is 1. The maximum absolute atomic E-state index is 12.1. The van der Waals surface area contributed by atoms with Gasteiger partial charge in [0.1, 0.15) is 0 Å². The monoisotopic (exact) mass is 297 g/mol. The minimum atomic E-state index is 0.301. The zero-order valence-corrected chi connectivity index (χ0v) is 12.9. The normalized spacial score (nSPS) is 15.0. The van der Waals surface area contributed by atoms with Gasteiger partial charge in [-0.25, -0.2) is 0 Å². The topological polar surface area (TPSA) is 38.1 Å². The highest BCUT2D eigenvalue weighted by Crippen LogP contribution is 2.18. The van der Waals surface area contributed by atoms with Crippen LogP contribution in [-0.2, 0) is 11.3 Å². The second kappa shape index (κ2) is 7.25. The molecule has 116 valence electrons. The Hall–Kier alpha value is -2.10. The van der Waals surface area contributed by atoms with Crippen molar-refractivity contribution in [1.82, 2.24) is 14.7 Å². The van der Waals surface area contributed by atoms with E-state index >= 15 is 0 Å². The molecule has 1 saturated heterocycles. The third-order valence-electron chi connectivity index (χ3n) is 4.23. The van der Waals surface area contributed by atoms with Crippen LogP contribution < -0.4 is 0 Å². The minimum absolute atomic E-state index is 0.301. The van der Waals surface area contributed by atoms with E-state index in [4.69, 9.17) is 0 Å². The van der Waals surface area contributed by atoms with Gasteiger partial charge in [-0.3, -0.25) is 9.48 Å². The number of likely N-dealkylation sites (tertiary alicyclic amines) is 1. The van der Waals surface area contributed by atoms with E-state index in [1.165, 1.54) is 12.0 Å². The number of aromatic nitrogens is 2. The van der Waals surface area contributed by atoms with E-state index in [9.17, 15) is 4.79 Å². The van der Waals surface area contributed by atoms with Gasteiger partial charge >= 0.3 is 0 Å². The van der Waals surface area contributed by atoms with E-state index in [2.05, 4.69) is 23.4 Å². The van der Waals surface area contributed by atoms with Crippen LogP contribution in [0.5, 0.6) is 0 Å². The second-order valence-corrected chi connectivity index (χ2v) is 5.90. The molecule has 3 rings (SSSR count). The maximum Gasteiger partial charge on any atom is 0.222 e. The van der Waals surface area contributed by atoms with E-state index in [1.807, 2.05) is 34.0 Å². The Labute approximate surface area is 131 Å². The molecule has 2 aromatic rings. The third kappa shape index (κ3) is 3.75. The Balaban J connectivity index is 1.48. The van der Waals surface area contributed by atoms with E-state index in [1.54, 1.807) is 0 Å². The van der Waals surface area contributed by atoms with Crippen molar-refractivity contribution in [3.63, 3.8) is 0 Å². The van der Waals surface area contributed by atoms with Crippen molar-refractivity contribution in [3.8, 4) is 11.1 Å². The van der Waals surface area contributed by atoms with Crippen LogP contribution in [0.25, 0.3) is 11.1 Å². The number of piperidine rings is 1.